The maximum atomic E-state index is 12.9. The summed E-state index contributed by atoms with van der Waals surface area (Å²) in [4.78, 5) is 37.5. The van der Waals surface area contributed by atoms with Crippen LogP contribution in [0.15, 0.2) is 158 Å². The molecule has 0 radical (unpaired) electrons. The standard InChI is InChI=1S/C78H127NO8/c1-6-8-10-12-14-16-18-20-22-24-26-28-30-32-34-36-38-40-42-44-46-48-50-52-54-56-58-60-62-64-66-68-75(80)85-72-74(73-86-78(77(82)83)84-71-70-79(3,4)5)87-76(81)69-67-65-63-61-59-57-55-53-51-49-47-45-43-41-39-37-35-33-31-29-27-25-23-21-19-17-15-13-11-9-7-2/h8-11,14-17,20-23,26-29,33,35,39,41,45,47,51,53,57,59,74,78H,6-7,12-13,18-19,24-25,30-32,34,36-38,40,42-44,46,48-50,52,54-56,58,60-73H2,1-5H3/b10-8-,11-9-,16-14-,17-15-,22-20-,23-21-,28-26-,29-27-,35-33-,41-39-,47-45-,53-51-,59-57-. The van der Waals surface area contributed by atoms with E-state index in [2.05, 4.69) is 172 Å². The Morgan fingerprint density at radius 1 is 0.345 bits per heavy atom. The fourth-order valence-corrected chi connectivity index (χ4v) is 9.05. The lowest BCUT2D eigenvalue weighted by Crippen LogP contribution is -2.44. The second-order valence-electron chi connectivity index (χ2n) is 23.7. The number of nitrogens with zero attached hydrogens (tertiary/aromatic N) is 1. The zero-order chi connectivity index (χ0) is 63.3. The maximum absolute atomic E-state index is 12.9. The van der Waals surface area contributed by atoms with Gasteiger partial charge in [-0.2, -0.15) is 0 Å². The molecular formula is C78H127NO8. The molecule has 0 aliphatic rings. The van der Waals surface area contributed by atoms with Crippen LogP contribution in [0, 0.1) is 0 Å². The summed E-state index contributed by atoms with van der Waals surface area (Å²) in [7, 11) is 5.91. The lowest BCUT2D eigenvalue weighted by atomic mass is 10.0. The average Bonchev–Trinajstić information content (AvgIpc) is 3.56. The van der Waals surface area contributed by atoms with Crippen LogP contribution in [0.4, 0.5) is 0 Å². The molecule has 0 aromatic rings. The van der Waals surface area contributed by atoms with Crippen LogP contribution in [0.1, 0.15) is 258 Å². The van der Waals surface area contributed by atoms with Gasteiger partial charge in [-0.05, 0) is 122 Å². The predicted octanol–water partition coefficient (Wildman–Crippen LogP) is 20.4. The number of hydrogen-bond donors (Lipinski definition) is 0. The number of carboxylic acid groups (broad SMARTS) is 1. The minimum absolute atomic E-state index is 0.133. The first-order valence-electron chi connectivity index (χ1n) is 34.6. The van der Waals surface area contributed by atoms with Crippen LogP contribution < -0.4 is 5.11 Å². The number of unbranched alkanes of at least 4 members (excludes halogenated alkanes) is 21. The van der Waals surface area contributed by atoms with Crippen molar-refractivity contribution in [1.29, 1.82) is 0 Å². The van der Waals surface area contributed by atoms with Gasteiger partial charge in [0.15, 0.2) is 12.4 Å². The van der Waals surface area contributed by atoms with E-state index in [1.165, 1.54) is 103 Å². The summed E-state index contributed by atoms with van der Waals surface area (Å²) in [6, 6.07) is 0. The molecule has 0 fully saturated rings. The molecule has 0 aromatic heterocycles. The summed E-state index contributed by atoms with van der Waals surface area (Å²) < 4.78 is 22.7. The van der Waals surface area contributed by atoms with Crippen molar-refractivity contribution < 1.29 is 42.9 Å². The monoisotopic (exact) mass is 1210 g/mol. The highest BCUT2D eigenvalue weighted by Crippen LogP contribution is 2.16. The molecule has 0 heterocycles. The third-order valence-electron chi connectivity index (χ3n) is 14.3. The van der Waals surface area contributed by atoms with Crippen molar-refractivity contribution in [2.75, 3.05) is 47.5 Å². The van der Waals surface area contributed by atoms with E-state index in [-0.39, 0.29) is 38.6 Å². The molecular weight excluding hydrogens is 1080 g/mol. The molecule has 0 rings (SSSR count). The Labute approximate surface area is 534 Å². The number of carboxylic acids is 1. The van der Waals surface area contributed by atoms with Crippen molar-refractivity contribution >= 4 is 17.9 Å². The molecule has 0 aliphatic heterocycles. The Kier molecular flexibility index (Phi) is 62.9. The number of quaternary nitrogens is 1. The zero-order valence-electron chi connectivity index (χ0n) is 56.1. The van der Waals surface area contributed by atoms with Gasteiger partial charge in [0, 0.05) is 12.8 Å². The number of carbonyl (C=O) groups excluding carboxylic acids is 3. The van der Waals surface area contributed by atoms with Gasteiger partial charge in [-0.1, -0.05) is 281 Å². The minimum Gasteiger partial charge on any atom is -0.545 e. The van der Waals surface area contributed by atoms with Crippen LogP contribution in [0.5, 0.6) is 0 Å². The molecule has 0 bridgehead atoms. The Morgan fingerprint density at radius 3 is 0.931 bits per heavy atom. The molecule has 0 N–H and O–H groups in total. The quantitative estimate of drug-likeness (QED) is 0.0195. The summed E-state index contributed by atoms with van der Waals surface area (Å²) in [6.07, 6.45) is 96.1. The van der Waals surface area contributed by atoms with Crippen LogP contribution in [-0.2, 0) is 33.3 Å². The number of rotatable bonds is 62. The van der Waals surface area contributed by atoms with E-state index in [0.29, 0.717) is 17.4 Å². The molecule has 0 saturated carbocycles. The largest absolute Gasteiger partial charge is 0.545 e. The van der Waals surface area contributed by atoms with Crippen molar-refractivity contribution in [1.82, 2.24) is 0 Å². The van der Waals surface area contributed by atoms with Gasteiger partial charge < -0.3 is 33.3 Å². The van der Waals surface area contributed by atoms with Gasteiger partial charge in [-0.15, -0.1) is 0 Å². The average molecular weight is 1210 g/mol. The van der Waals surface area contributed by atoms with Gasteiger partial charge in [0.2, 0.25) is 0 Å². The first-order valence-corrected chi connectivity index (χ1v) is 34.6. The highest BCUT2D eigenvalue weighted by Gasteiger charge is 2.22. The predicted molar refractivity (Wildman–Crippen MR) is 370 cm³/mol. The van der Waals surface area contributed by atoms with E-state index in [1.54, 1.807) is 0 Å². The highest BCUT2D eigenvalue weighted by atomic mass is 16.7. The molecule has 0 aliphatic carbocycles. The molecule has 0 spiro atoms. The number of aliphatic carboxylic acids is 1. The highest BCUT2D eigenvalue weighted by molar-refractivity contribution is 5.70. The lowest BCUT2D eigenvalue weighted by molar-refractivity contribution is -0.870. The molecule has 2 atom stereocenters. The Bertz CT molecular complexity index is 1990. The van der Waals surface area contributed by atoms with E-state index in [1.807, 2.05) is 21.1 Å². The van der Waals surface area contributed by atoms with Crippen molar-refractivity contribution in [3.05, 3.63) is 158 Å². The van der Waals surface area contributed by atoms with Crippen LogP contribution in [0.25, 0.3) is 0 Å². The Balaban J connectivity index is 4.23. The lowest BCUT2D eigenvalue weighted by Gasteiger charge is -2.26. The van der Waals surface area contributed by atoms with Crippen molar-refractivity contribution in [3.63, 3.8) is 0 Å². The van der Waals surface area contributed by atoms with Crippen LogP contribution in [-0.4, -0.2) is 82.3 Å². The molecule has 9 nitrogen and oxygen atoms in total. The number of likely N-dealkylation sites (N-methyl/N-ethyl adjacent to an activating group) is 1. The number of allylic oxidation sites excluding steroid dienone is 26. The summed E-state index contributed by atoms with van der Waals surface area (Å²) in [5, 5.41) is 11.8. The second kappa shape index (κ2) is 66.9. The van der Waals surface area contributed by atoms with Gasteiger partial charge in [0.05, 0.1) is 40.3 Å². The van der Waals surface area contributed by atoms with Crippen molar-refractivity contribution in [2.24, 2.45) is 0 Å². The van der Waals surface area contributed by atoms with Gasteiger partial charge in [-0.3, -0.25) is 9.59 Å². The Hall–Kier alpha value is -5.09. The fraction of sp³-hybridized carbons (Fsp3) is 0.628. The first kappa shape index (κ1) is 81.9. The number of carbonyl (C=O) groups is 3. The molecule has 0 aromatic carbocycles. The third-order valence-corrected chi connectivity index (χ3v) is 14.3. The SMILES string of the molecule is CC/C=C\C/C=C\C/C=C\C/C=C\C/C=C\C/C=C\C/C=C\C/C=C\C/C=C\CCCCCC(=O)OC(COC(=O)CCCCCCCCCCCCCCCCCCCC/C=C\C/C=C\C/C=C\C/C=C\CC)COC(OCC[N+](C)(C)C)C(=O)[O-]. The van der Waals surface area contributed by atoms with Gasteiger partial charge in [0.25, 0.3) is 0 Å². The molecule has 0 saturated heterocycles. The normalized spacial score (nSPS) is 13.7. The second-order valence-corrected chi connectivity index (χ2v) is 23.7. The summed E-state index contributed by atoms with van der Waals surface area (Å²) >= 11 is 0. The number of hydrogen-bond acceptors (Lipinski definition) is 8. The van der Waals surface area contributed by atoms with Crippen LogP contribution in [0.3, 0.4) is 0 Å². The van der Waals surface area contributed by atoms with E-state index >= 15 is 0 Å². The zero-order valence-corrected chi connectivity index (χ0v) is 56.1. The number of esters is 2. The van der Waals surface area contributed by atoms with Crippen molar-refractivity contribution in [2.45, 2.75) is 270 Å². The van der Waals surface area contributed by atoms with Crippen LogP contribution >= 0.6 is 0 Å². The van der Waals surface area contributed by atoms with Crippen LogP contribution in [0.2, 0.25) is 0 Å². The fourth-order valence-electron chi connectivity index (χ4n) is 9.05. The minimum atomic E-state index is -1.64. The van der Waals surface area contributed by atoms with Crippen molar-refractivity contribution in [3.8, 4) is 0 Å². The van der Waals surface area contributed by atoms with Gasteiger partial charge in [-0.25, -0.2) is 0 Å². The van der Waals surface area contributed by atoms with E-state index in [9.17, 15) is 19.5 Å². The molecule has 9 heteroatoms. The van der Waals surface area contributed by atoms with Gasteiger partial charge >= 0.3 is 11.9 Å². The molecule has 2 unspecified atom stereocenters. The van der Waals surface area contributed by atoms with E-state index in [0.717, 1.165) is 122 Å². The molecule has 492 valence electrons. The van der Waals surface area contributed by atoms with E-state index < -0.39 is 24.3 Å². The summed E-state index contributed by atoms with van der Waals surface area (Å²) in [5.41, 5.74) is 0. The third kappa shape index (κ3) is 68.3. The topological polar surface area (TPSA) is 111 Å². The van der Waals surface area contributed by atoms with E-state index in [4.69, 9.17) is 18.9 Å². The van der Waals surface area contributed by atoms with Gasteiger partial charge in [0.1, 0.15) is 13.2 Å². The summed E-state index contributed by atoms with van der Waals surface area (Å²) in [5.74, 6) is -2.34. The smallest absolute Gasteiger partial charge is 0.306 e. The maximum Gasteiger partial charge on any atom is 0.306 e. The Morgan fingerprint density at radius 2 is 0.621 bits per heavy atom. The summed E-state index contributed by atoms with van der Waals surface area (Å²) in [6.45, 7) is 4.48. The molecule has 0 amide bonds. The number of ether oxygens (including phenoxy) is 4. The first-order chi connectivity index (χ1) is 42.6. The molecule has 87 heavy (non-hydrogen) atoms.